The van der Waals surface area contributed by atoms with Crippen molar-refractivity contribution in [2.75, 3.05) is 12.3 Å². The topological polar surface area (TPSA) is 101 Å². The van der Waals surface area contributed by atoms with Crippen LogP contribution in [-0.4, -0.2) is 44.8 Å². The number of aryl methyl sites for hydroxylation is 1. The molecule has 0 bridgehead atoms. The molecule has 154 valence electrons. The number of rotatable bonds is 7. The van der Waals surface area contributed by atoms with Gasteiger partial charge in [-0.25, -0.2) is 9.97 Å². The minimum Gasteiger partial charge on any atom is -0.481 e. The van der Waals surface area contributed by atoms with Gasteiger partial charge in [-0.05, 0) is 26.8 Å². The number of hydrogen-bond acceptors (Lipinski definition) is 6. The fraction of sp³-hybridized carbons (Fsp3) is 0.429. The smallest absolute Gasteiger partial charge is 0.305 e. The number of ether oxygens (including phenoxy) is 1. The summed E-state index contributed by atoms with van der Waals surface area (Å²) in [5.41, 5.74) is 3.62. The van der Waals surface area contributed by atoms with E-state index in [2.05, 4.69) is 5.32 Å². The van der Waals surface area contributed by atoms with Crippen LogP contribution in [0.25, 0.3) is 11.4 Å². The van der Waals surface area contributed by atoms with E-state index in [0.29, 0.717) is 18.9 Å². The molecule has 7 nitrogen and oxygen atoms in total. The Morgan fingerprint density at radius 1 is 1.31 bits per heavy atom. The number of amides is 1. The SMILES string of the molecule is Cc1cccc(-c2nc3c(c(SCC(=O)NCCC(=O)O)n2)COC(C)(C)C3)c1. The lowest BCUT2D eigenvalue weighted by atomic mass is 9.96. The van der Waals surface area contributed by atoms with Crippen LogP contribution in [-0.2, 0) is 27.4 Å². The third-order valence-electron chi connectivity index (χ3n) is 4.53. The van der Waals surface area contributed by atoms with Crippen molar-refractivity contribution in [1.82, 2.24) is 15.3 Å². The van der Waals surface area contributed by atoms with Gasteiger partial charge in [0.25, 0.3) is 0 Å². The second-order valence-electron chi connectivity index (χ2n) is 7.65. The Hall–Kier alpha value is -2.45. The van der Waals surface area contributed by atoms with Gasteiger partial charge in [-0.3, -0.25) is 9.59 Å². The van der Waals surface area contributed by atoms with Crippen LogP contribution in [0.2, 0.25) is 0 Å². The van der Waals surface area contributed by atoms with Crippen LogP contribution in [0.3, 0.4) is 0 Å². The van der Waals surface area contributed by atoms with Crippen molar-refractivity contribution in [2.45, 2.75) is 50.8 Å². The number of aromatic nitrogens is 2. The molecule has 0 atom stereocenters. The highest BCUT2D eigenvalue weighted by Gasteiger charge is 2.30. The fourth-order valence-corrected chi connectivity index (χ4v) is 3.92. The summed E-state index contributed by atoms with van der Waals surface area (Å²) in [7, 11) is 0. The highest BCUT2D eigenvalue weighted by Crippen LogP contribution is 2.34. The Bertz CT molecular complexity index is 930. The molecule has 1 aromatic carbocycles. The Kier molecular flexibility index (Phi) is 6.54. The number of benzene rings is 1. The van der Waals surface area contributed by atoms with Crippen LogP contribution < -0.4 is 5.32 Å². The lowest BCUT2D eigenvalue weighted by Crippen LogP contribution is -2.33. The summed E-state index contributed by atoms with van der Waals surface area (Å²) in [4.78, 5) is 32.2. The molecule has 0 saturated carbocycles. The first-order chi connectivity index (χ1) is 13.7. The summed E-state index contributed by atoms with van der Waals surface area (Å²) in [6.45, 7) is 6.61. The number of carbonyl (C=O) groups excluding carboxylic acids is 1. The lowest BCUT2D eigenvalue weighted by molar-refractivity contribution is -0.136. The summed E-state index contributed by atoms with van der Waals surface area (Å²) < 4.78 is 5.94. The zero-order chi connectivity index (χ0) is 21.0. The van der Waals surface area contributed by atoms with Crippen LogP contribution in [0, 0.1) is 6.92 Å². The average molecular weight is 416 g/mol. The Labute approximate surface area is 174 Å². The first-order valence-electron chi connectivity index (χ1n) is 9.45. The van der Waals surface area contributed by atoms with E-state index in [1.54, 1.807) is 0 Å². The van der Waals surface area contributed by atoms with Crippen molar-refractivity contribution in [2.24, 2.45) is 0 Å². The number of aliphatic carboxylic acids is 1. The Morgan fingerprint density at radius 3 is 2.83 bits per heavy atom. The van der Waals surface area contributed by atoms with Gasteiger partial charge in [0.1, 0.15) is 5.03 Å². The third-order valence-corrected chi connectivity index (χ3v) is 5.55. The zero-order valence-corrected chi connectivity index (χ0v) is 17.6. The van der Waals surface area contributed by atoms with E-state index in [1.807, 2.05) is 45.0 Å². The van der Waals surface area contributed by atoms with Crippen molar-refractivity contribution in [1.29, 1.82) is 0 Å². The van der Waals surface area contributed by atoms with Gasteiger partial charge >= 0.3 is 5.97 Å². The van der Waals surface area contributed by atoms with Crippen LogP contribution in [0.5, 0.6) is 0 Å². The van der Waals surface area contributed by atoms with Gasteiger partial charge in [-0.15, -0.1) is 0 Å². The van der Waals surface area contributed by atoms with Gasteiger partial charge < -0.3 is 15.2 Å². The second kappa shape index (κ2) is 8.92. The van der Waals surface area contributed by atoms with E-state index in [4.69, 9.17) is 19.8 Å². The summed E-state index contributed by atoms with van der Waals surface area (Å²) in [6, 6.07) is 8.02. The molecule has 0 radical (unpaired) electrons. The predicted molar refractivity (Wildman–Crippen MR) is 111 cm³/mol. The number of carboxylic acids is 1. The van der Waals surface area contributed by atoms with Gasteiger partial charge in [0.15, 0.2) is 5.82 Å². The van der Waals surface area contributed by atoms with E-state index in [0.717, 1.165) is 27.4 Å². The maximum Gasteiger partial charge on any atom is 0.305 e. The lowest BCUT2D eigenvalue weighted by Gasteiger charge is -2.32. The Balaban J connectivity index is 1.84. The molecule has 29 heavy (non-hydrogen) atoms. The quantitative estimate of drug-likeness (QED) is 0.529. The van der Waals surface area contributed by atoms with Crippen LogP contribution in [0.1, 0.15) is 37.1 Å². The van der Waals surface area contributed by atoms with Gasteiger partial charge in [0.2, 0.25) is 5.91 Å². The van der Waals surface area contributed by atoms with Crippen LogP contribution in [0.15, 0.2) is 29.3 Å². The summed E-state index contributed by atoms with van der Waals surface area (Å²) in [5.74, 6) is -0.373. The van der Waals surface area contributed by atoms with E-state index >= 15 is 0 Å². The van der Waals surface area contributed by atoms with Crippen molar-refractivity contribution in [3.63, 3.8) is 0 Å². The number of nitrogens with one attached hydrogen (secondary N) is 1. The van der Waals surface area contributed by atoms with Crippen molar-refractivity contribution < 1.29 is 19.4 Å². The first kappa shape index (κ1) is 21.3. The molecule has 0 fully saturated rings. The van der Waals surface area contributed by atoms with Gasteiger partial charge in [0.05, 0.1) is 30.1 Å². The molecule has 0 aliphatic carbocycles. The molecule has 0 unspecified atom stereocenters. The summed E-state index contributed by atoms with van der Waals surface area (Å²) in [6.07, 6.45) is 0.571. The van der Waals surface area contributed by atoms with E-state index < -0.39 is 5.97 Å². The van der Waals surface area contributed by atoms with E-state index in [-0.39, 0.29) is 30.2 Å². The summed E-state index contributed by atoms with van der Waals surface area (Å²) >= 11 is 1.32. The average Bonchev–Trinajstić information content (AvgIpc) is 2.64. The van der Waals surface area contributed by atoms with Crippen molar-refractivity contribution >= 4 is 23.6 Å². The number of carboxylic acid groups (broad SMARTS) is 1. The molecule has 2 aromatic rings. The van der Waals surface area contributed by atoms with Crippen molar-refractivity contribution in [3.05, 3.63) is 41.1 Å². The maximum absolute atomic E-state index is 12.1. The second-order valence-corrected chi connectivity index (χ2v) is 8.62. The summed E-state index contributed by atoms with van der Waals surface area (Å²) in [5, 5.41) is 12.0. The molecule has 1 aliphatic heterocycles. The molecule has 3 rings (SSSR count). The van der Waals surface area contributed by atoms with E-state index in [1.165, 1.54) is 11.8 Å². The van der Waals surface area contributed by atoms with Gasteiger partial charge in [-0.1, -0.05) is 35.5 Å². The molecule has 0 spiro atoms. The predicted octanol–water partition coefficient (Wildman–Crippen LogP) is 2.99. The number of thioether (sulfide) groups is 1. The fourth-order valence-electron chi connectivity index (χ4n) is 3.05. The number of fused-ring (bicyclic) bond motifs is 1. The largest absolute Gasteiger partial charge is 0.481 e. The molecule has 2 N–H and O–H groups in total. The number of carbonyl (C=O) groups is 2. The monoisotopic (exact) mass is 415 g/mol. The zero-order valence-electron chi connectivity index (χ0n) is 16.8. The van der Waals surface area contributed by atoms with Gasteiger partial charge in [0, 0.05) is 24.1 Å². The Morgan fingerprint density at radius 2 is 2.10 bits per heavy atom. The van der Waals surface area contributed by atoms with E-state index in [9.17, 15) is 9.59 Å². The highest BCUT2D eigenvalue weighted by atomic mass is 32.2. The first-order valence-corrected chi connectivity index (χ1v) is 10.4. The van der Waals surface area contributed by atoms with Crippen molar-refractivity contribution in [3.8, 4) is 11.4 Å². The maximum atomic E-state index is 12.1. The third kappa shape index (κ3) is 5.77. The minimum absolute atomic E-state index is 0.0975. The molecule has 0 saturated heterocycles. The minimum atomic E-state index is -0.939. The van der Waals surface area contributed by atoms with Gasteiger partial charge in [-0.2, -0.15) is 0 Å². The molecule has 1 aliphatic rings. The molecular weight excluding hydrogens is 390 g/mol. The number of nitrogens with zero attached hydrogens (tertiary/aromatic N) is 2. The normalized spacial score (nSPS) is 14.9. The molecular formula is C21H25N3O4S. The number of hydrogen-bond donors (Lipinski definition) is 2. The molecule has 2 heterocycles. The molecule has 1 aromatic heterocycles. The van der Waals surface area contributed by atoms with Crippen LogP contribution >= 0.6 is 11.8 Å². The highest BCUT2D eigenvalue weighted by molar-refractivity contribution is 7.99. The van der Waals surface area contributed by atoms with Crippen LogP contribution in [0.4, 0.5) is 0 Å². The standard InChI is InChI=1S/C21H25N3O4S/c1-13-5-4-6-14(9-13)19-23-16-10-21(2,3)28-11-15(16)20(24-19)29-12-17(25)22-8-7-18(26)27/h4-6,9H,7-8,10-12H2,1-3H3,(H,22,25)(H,26,27). The molecule has 8 heteroatoms. The molecule has 1 amide bonds.